The van der Waals surface area contributed by atoms with Crippen LogP contribution in [0.4, 0.5) is 0 Å². The van der Waals surface area contributed by atoms with E-state index < -0.39 is 0 Å². The van der Waals surface area contributed by atoms with Crippen LogP contribution in [0.25, 0.3) is 11.0 Å². The molecule has 2 aromatic carbocycles. The summed E-state index contributed by atoms with van der Waals surface area (Å²) in [5.41, 5.74) is 1.45. The highest BCUT2D eigenvalue weighted by molar-refractivity contribution is 9.10. The van der Waals surface area contributed by atoms with Gasteiger partial charge in [0.15, 0.2) is 5.76 Å². The Hall–Kier alpha value is -2.64. The summed E-state index contributed by atoms with van der Waals surface area (Å²) in [6.45, 7) is 2.78. The Bertz CT molecular complexity index is 1090. The molecule has 3 aromatic rings. The van der Waals surface area contributed by atoms with Crippen LogP contribution in [0.5, 0.6) is 0 Å². The van der Waals surface area contributed by atoms with Crippen molar-refractivity contribution in [1.29, 1.82) is 0 Å². The number of rotatable bonds is 4. The van der Waals surface area contributed by atoms with Crippen molar-refractivity contribution in [2.75, 3.05) is 26.2 Å². The van der Waals surface area contributed by atoms with Crippen LogP contribution in [-0.4, -0.2) is 59.9 Å². The van der Waals surface area contributed by atoms with Crippen molar-refractivity contribution in [3.05, 3.63) is 70.4 Å². The fraction of sp³-hybridized carbons (Fsp3) is 0.304. The van der Waals surface area contributed by atoms with Crippen molar-refractivity contribution in [2.24, 2.45) is 0 Å². The lowest BCUT2D eigenvalue weighted by Gasteiger charge is -2.40. The Morgan fingerprint density at radius 1 is 0.933 bits per heavy atom. The summed E-state index contributed by atoms with van der Waals surface area (Å²) in [5.74, 6) is 0.386. The Labute approximate surface area is 182 Å². The molecule has 7 heteroatoms. The number of hydrogen-bond acceptors (Lipinski definition) is 4. The van der Waals surface area contributed by atoms with Gasteiger partial charge in [0.1, 0.15) is 5.58 Å². The molecule has 0 bridgehead atoms. The highest BCUT2D eigenvalue weighted by Gasteiger charge is 2.36. The molecule has 2 aliphatic rings. The van der Waals surface area contributed by atoms with Gasteiger partial charge in [-0.2, -0.15) is 0 Å². The first-order valence-corrected chi connectivity index (χ1v) is 10.9. The molecule has 2 aliphatic heterocycles. The van der Waals surface area contributed by atoms with Crippen molar-refractivity contribution in [1.82, 2.24) is 15.1 Å². The van der Waals surface area contributed by atoms with E-state index in [1.807, 2.05) is 53.4 Å². The minimum absolute atomic E-state index is 0.0762. The molecule has 0 radical (unpaired) electrons. The quantitative estimate of drug-likeness (QED) is 0.637. The zero-order valence-electron chi connectivity index (χ0n) is 16.4. The van der Waals surface area contributed by atoms with E-state index >= 15 is 0 Å². The number of amides is 2. The van der Waals surface area contributed by atoms with Gasteiger partial charge in [-0.3, -0.25) is 9.59 Å². The summed E-state index contributed by atoms with van der Waals surface area (Å²) in [6, 6.07) is 17.4. The molecule has 3 heterocycles. The van der Waals surface area contributed by atoms with Crippen LogP contribution in [0.15, 0.2) is 63.5 Å². The Morgan fingerprint density at radius 2 is 1.70 bits per heavy atom. The number of halogens is 1. The van der Waals surface area contributed by atoms with Crippen LogP contribution in [0.3, 0.4) is 0 Å². The molecule has 0 saturated carbocycles. The second-order valence-corrected chi connectivity index (χ2v) is 8.88. The number of hydrogen-bond donors (Lipinski definition) is 1. The van der Waals surface area contributed by atoms with Crippen molar-refractivity contribution >= 4 is 38.7 Å². The topological polar surface area (TPSA) is 65.8 Å². The standard InChI is InChI=1S/C23H22BrN3O3/c24-17-6-7-20-16(10-17)11-21(30-20)23(29)27-13-19(14-27)25-18-8-9-26(12-18)22(28)15-4-2-1-3-5-15/h1-7,10-11,18-19,25H,8-9,12-14H2. The van der Waals surface area contributed by atoms with Crippen LogP contribution in [0, 0.1) is 0 Å². The minimum atomic E-state index is -0.0762. The molecule has 154 valence electrons. The van der Waals surface area contributed by atoms with E-state index in [0.29, 0.717) is 31.0 Å². The summed E-state index contributed by atoms with van der Waals surface area (Å²) < 4.78 is 6.67. The third-order valence-electron chi connectivity index (χ3n) is 5.83. The Morgan fingerprint density at radius 3 is 2.50 bits per heavy atom. The maximum absolute atomic E-state index is 12.7. The fourth-order valence-electron chi connectivity index (χ4n) is 4.20. The molecule has 2 fully saturated rings. The van der Waals surface area contributed by atoms with Gasteiger partial charge in [-0.1, -0.05) is 34.1 Å². The largest absolute Gasteiger partial charge is 0.451 e. The van der Waals surface area contributed by atoms with Gasteiger partial charge >= 0.3 is 0 Å². The van der Waals surface area contributed by atoms with Crippen molar-refractivity contribution in [3.63, 3.8) is 0 Å². The molecule has 6 nitrogen and oxygen atoms in total. The van der Waals surface area contributed by atoms with Gasteiger partial charge in [0.2, 0.25) is 0 Å². The van der Waals surface area contributed by atoms with Crippen molar-refractivity contribution in [3.8, 4) is 0 Å². The third-order valence-corrected chi connectivity index (χ3v) is 6.32. The summed E-state index contributed by atoms with van der Waals surface area (Å²) in [7, 11) is 0. The zero-order valence-corrected chi connectivity index (χ0v) is 18.0. The van der Waals surface area contributed by atoms with Crippen molar-refractivity contribution in [2.45, 2.75) is 18.5 Å². The molecule has 30 heavy (non-hydrogen) atoms. The average molecular weight is 468 g/mol. The van der Waals surface area contributed by atoms with Gasteiger partial charge in [0.25, 0.3) is 11.8 Å². The minimum Gasteiger partial charge on any atom is -0.451 e. The lowest BCUT2D eigenvalue weighted by Crippen LogP contribution is -2.62. The highest BCUT2D eigenvalue weighted by atomic mass is 79.9. The number of likely N-dealkylation sites (tertiary alicyclic amines) is 2. The second-order valence-electron chi connectivity index (χ2n) is 7.97. The second kappa shape index (κ2) is 7.89. The average Bonchev–Trinajstić information content (AvgIpc) is 3.36. The molecule has 2 amide bonds. The maximum Gasteiger partial charge on any atom is 0.289 e. The summed E-state index contributed by atoms with van der Waals surface area (Å²) >= 11 is 3.44. The van der Waals surface area contributed by atoms with E-state index in [0.717, 1.165) is 28.4 Å². The summed E-state index contributed by atoms with van der Waals surface area (Å²) in [6.07, 6.45) is 0.932. The fourth-order valence-corrected chi connectivity index (χ4v) is 4.58. The molecule has 0 spiro atoms. The third kappa shape index (κ3) is 3.75. The SMILES string of the molecule is O=C(c1ccccc1)N1CCC(NC2CN(C(=O)c3cc4cc(Br)ccc4o3)C2)C1. The smallest absolute Gasteiger partial charge is 0.289 e. The van der Waals surface area contributed by atoms with E-state index in [4.69, 9.17) is 4.42 Å². The van der Waals surface area contributed by atoms with Gasteiger partial charge in [-0.25, -0.2) is 0 Å². The molecule has 1 atom stereocenters. The number of benzene rings is 2. The van der Waals surface area contributed by atoms with Crippen LogP contribution < -0.4 is 5.32 Å². The first-order valence-electron chi connectivity index (χ1n) is 10.2. The van der Waals surface area contributed by atoms with E-state index in [9.17, 15) is 9.59 Å². The highest BCUT2D eigenvalue weighted by Crippen LogP contribution is 2.25. The van der Waals surface area contributed by atoms with E-state index in [1.54, 1.807) is 11.0 Å². The molecule has 0 aliphatic carbocycles. The number of carbonyl (C=O) groups is 2. The summed E-state index contributed by atoms with van der Waals surface area (Å²) in [5, 5.41) is 4.51. The van der Waals surface area contributed by atoms with Crippen LogP contribution in [-0.2, 0) is 0 Å². The van der Waals surface area contributed by atoms with Gasteiger partial charge in [-0.05, 0) is 42.8 Å². The van der Waals surface area contributed by atoms with Crippen LogP contribution >= 0.6 is 15.9 Å². The normalized spacial score (nSPS) is 19.3. The Balaban J connectivity index is 1.13. The number of nitrogens with one attached hydrogen (secondary N) is 1. The predicted octanol–water partition coefficient (Wildman–Crippen LogP) is 3.52. The van der Waals surface area contributed by atoms with Gasteiger partial charge in [0, 0.05) is 53.7 Å². The number of fused-ring (bicyclic) bond motifs is 1. The first kappa shape index (κ1) is 19.3. The van der Waals surface area contributed by atoms with Gasteiger partial charge in [-0.15, -0.1) is 0 Å². The molecule has 1 unspecified atom stereocenters. The van der Waals surface area contributed by atoms with Crippen LogP contribution in [0.2, 0.25) is 0 Å². The first-order chi connectivity index (χ1) is 14.6. The molecule has 1 aromatic heterocycles. The van der Waals surface area contributed by atoms with Crippen molar-refractivity contribution < 1.29 is 14.0 Å². The molecular weight excluding hydrogens is 446 g/mol. The number of carbonyl (C=O) groups excluding carboxylic acids is 2. The number of furan rings is 1. The number of nitrogens with zero attached hydrogens (tertiary/aromatic N) is 2. The van der Waals surface area contributed by atoms with E-state index in [-0.39, 0.29) is 23.9 Å². The summed E-state index contributed by atoms with van der Waals surface area (Å²) in [4.78, 5) is 29.0. The molecular formula is C23H22BrN3O3. The monoisotopic (exact) mass is 467 g/mol. The van der Waals surface area contributed by atoms with Gasteiger partial charge < -0.3 is 19.5 Å². The van der Waals surface area contributed by atoms with Gasteiger partial charge in [0.05, 0.1) is 0 Å². The zero-order chi connectivity index (χ0) is 20.7. The lowest BCUT2D eigenvalue weighted by atomic mass is 10.1. The molecule has 1 N–H and O–H groups in total. The predicted molar refractivity (Wildman–Crippen MR) is 117 cm³/mol. The lowest BCUT2D eigenvalue weighted by molar-refractivity contribution is 0.0523. The molecule has 2 saturated heterocycles. The molecule has 5 rings (SSSR count). The van der Waals surface area contributed by atoms with E-state index in [1.165, 1.54) is 0 Å². The maximum atomic E-state index is 12.7. The van der Waals surface area contributed by atoms with E-state index in [2.05, 4.69) is 21.2 Å². The Kier molecular flexibility index (Phi) is 5.08. The van der Waals surface area contributed by atoms with Crippen LogP contribution in [0.1, 0.15) is 27.3 Å².